The van der Waals surface area contributed by atoms with Gasteiger partial charge in [0.25, 0.3) is 0 Å². The molecular weight excluding hydrogens is 508 g/mol. The van der Waals surface area contributed by atoms with E-state index in [0.29, 0.717) is 31.6 Å². The summed E-state index contributed by atoms with van der Waals surface area (Å²) in [5.41, 5.74) is 2.93. The van der Waals surface area contributed by atoms with Gasteiger partial charge in [0.2, 0.25) is 0 Å². The standard InChI is InChI=1S/C26H37ClN6O3Si/c1-26(2,3)36-25(34)32-11-9-31(10-12-32)19-7-8-21(28-16-19)22-15-20-23(27)29-17-30-24(20)33(22)18-35-13-14-37(4,5)6/h7-8,15-17H,9-14,18H2,1-6H3. The van der Waals surface area contributed by atoms with Gasteiger partial charge in [-0.15, -0.1) is 0 Å². The smallest absolute Gasteiger partial charge is 0.410 e. The van der Waals surface area contributed by atoms with Crippen LogP contribution in [0.1, 0.15) is 20.8 Å². The van der Waals surface area contributed by atoms with E-state index in [1.165, 1.54) is 6.33 Å². The summed E-state index contributed by atoms with van der Waals surface area (Å²) in [6.45, 7) is 16.4. The average Bonchev–Trinajstić information content (AvgIpc) is 3.20. The van der Waals surface area contributed by atoms with E-state index in [1.807, 2.05) is 43.7 Å². The molecule has 0 unspecified atom stereocenters. The molecule has 0 saturated carbocycles. The molecule has 0 bridgehead atoms. The minimum Gasteiger partial charge on any atom is -0.444 e. The zero-order valence-corrected chi connectivity index (χ0v) is 24.4. The normalized spacial score (nSPS) is 14.9. The van der Waals surface area contributed by atoms with E-state index in [0.717, 1.165) is 47.2 Å². The van der Waals surface area contributed by atoms with Gasteiger partial charge in [-0.1, -0.05) is 31.2 Å². The van der Waals surface area contributed by atoms with Crippen LogP contribution in [0.3, 0.4) is 0 Å². The van der Waals surface area contributed by atoms with Gasteiger partial charge < -0.3 is 19.3 Å². The number of ether oxygens (including phenoxy) is 2. The molecule has 0 aliphatic carbocycles. The van der Waals surface area contributed by atoms with Crippen LogP contribution in [0.5, 0.6) is 0 Å². The zero-order chi connectivity index (χ0) is 26.8. The molecule has 1 aliphatic heterocycles. The highest BCUT2D eigenvalue weighted by molar-refractivity contribution is 6.76. The van der Waals surface area contributed by atoms with Crippen LogP contribution < -0.4 is 4.90 Å². The number of carbonyl (C=O) groups is 1. The Hall–Kier alpha value is -2.69. The summed E-state index contributed by atoms with van der Waals surface area (Å²) in [4.78, 5) is 29.7. The number of anilines is 1. The Bertz CT molecular complexity index is 1230. The first-order valence-electron chi connectivity index (χ1n) is 12.7. The van der Waals surface area contributed by atoms with Crippen molar-refractivity contribution in [2.24, 2.45) is 0 Å². The van der Waals surface area contributed by atoms with Gasteiger partial charge in [0.05, 0.1) is 28.7 Å². The molecule has 0 spiro atoms. The first kappa shape index (κ1) is 27.3. The predicted octanol–water partition coefficient (Wildman–Crippen LogP) is 5.52. The van der Waals surface area contributed by atoms with Gasteiger partial charge in [-0.2, -0.15) is 0 Å². The molecule has 200 valence electrons. The Morgan fingerprint density at radius 3 is 2.43 bits per heavy atom. The Morgan fingerprint density at radius 1 is 1.08 bits per heavy atom. The van der Waals surface area contributed by atoms with Crippen molar-refractivity contribution in [2.75, 3.05) is 37.7 Å². The van der Waals surface area contributed by atoms with Crippen LogP contribution in [0.25, 0.3) is 22.4 Å². The second kappa shape index (κ2) is 11.0. The van der Waals surface area contributed by atoms with Crippen LogP contribution in [0.2, 0.25) is 30.8 Å². The average molecular weight is 545 g/mol. The maximum Gasteiger partial charge on any atom is 0.410 e. The molecule has 0 radical (unpaired) electrons. The van der Waals surface area contributed by atoms with Crippen molar-refractivity contribution >= 4 is 42.5 Å². The van der Waals surface area contributed by atoms with Crippen LogP contribution in [0, 0.1) is 0 Å². The Labute approximate surface area is 224 Å². The largest absolute Gasteiger partial charge is 0.444 e. The third-order valence-electron chi connectivity index (χ3n) is 6.17. The number of piperazine rings is 1. The van der Waals surface area contributed by atoms with Crippen molar-refractivity contribution in [1.82, 2.24) is 24.4 Å². The summed E-state index contributed by atoms with van der Waals surface area (Å²) in [5.74, 6) is 0. The van der Waals surface area contributed by atoms with E-state index in [1.54, 1.807) is 4.90 Å². The molecule has 11 heteroatoms. The third-order valence-corrected chi connectivity index (χ3v) is 8.17. The molecule has 0 aromatic carbocycles. The van der Waals surface area contributed by atoms with Crippen LogP contribution in [-0.4, -0.2) is 77.0 Å². The number of carbonyl (C=O) groups excluding carboxylic acids is 1. The van der Waals surface area contributed by atoms with Gasteiger partial charge in [-0.25, -0.2) is 14.8 Å². The zero-order valence-electron chi connectivity index (χ0n) is 22.6. The summed E-state index contributed by atoms with van der Waals surface area (Å²) >= 11 is 6.38. The first-order valence-corrected chi connectivity index (χ1v) is 16.8. The molecule has 1 fully saturated rings. The molecule has 3 aromatic rings. The number of aromatic nitrogens is 4. The van der Waals surface area contributed by atoms with Gasteiger partial charge >= 0.3 is 6.09 Å². The second-order valence-corrected chi connectivity index (χ2v) is 17.5. The van der Waals surface area contributed by atoms with Gasteiger partial charge in [0.15, 0.2) is 0 Å². The molecule has 3 aromatic heterocycles. The number of hydrogen-bond donors (Lipinski definition) is 0. The van der Waals surface area contributed by atoms with Crippen molar-refractivity contribution < 1.29 is 14.3 Å². The summed E-state index contributed by atoms with van der Waals surface area (Å²) in [7, 11) is -1.19. The molecule has 4 rings (SSSR count). The van der Waals surface area contributed by atoms with E-state index in [2.05, 4.69) is 40.6 Å². The van der Waals surface area contributed by atoms with Crippen LogP contribution >= 0.6 is 11.6 Å². The maximum atomic E-state index is 12.4. The van der Waals surface area contributed by atoms with Crippen LogP contribution in [0.15, 0.2) is 30.7 Å². The predicted molar refractivity (Wildman–Crippen MR) is 150 cm³/mol. The number of rotatable bonds is 7. The molecule has 1 aliphatic rings. The maximum absolute atomic E-state index is 12.4. The van der Waals surface area contributed by atoms with Gasteiger partial charge in [0, 0.05) is 40.9 Å². The van der Waals surface area contributed by atoms with Gasteiger partial charge in [-0.05, 0) is 45.0 Å². The molecule has 4 heterocycles. The lowest BCUT2D eigenvalue weighted by Gasteiger charge is -2.36. The monoisotopic (exact) mass is 544 g/mol. The number of pyridine rings is 1. The summed E-state index contributed by atoms with van der Waals surface area (Å²) in [5, 5.41) is 1.18. The highest BCUT2D eigenvalue weighted by Gasteiger charge is 2.26. The minimum atomic E-state index is -1.19. The van der Waals surface area contributed by atoms with E-state index in [-0.39, 0.29) is 6.09 Å². The second-order valence-electron chi connectivity index (χ2n) is 11.6. The molecule has 1 amide bonds. The summed E-state index contributed by atoms with van der Waals surface area (Å²) in [6, 6.07) is 7.13. The fraction of sp³-hybridized carbons (Fsp3) is 0.538. The number of halogens is 1. The lowest BCUT2D eigenvalue weighted by atomic mass is 10.2. The molecule has 9 nitrogen and oxygen atoms in total. The lowest BCUT2D eigenvalue weighted by molar-refractivity contribution is 0.0240. The quantitative estimate of drug-likeness (QED) is 0.220. The first-order chi connectivity index (χ1) is 17.4. The fourth-order valence-corrected chi connectivity index (χ4v) is 5.05. The molecule has 0 atom stereocenters. The summed E-state index contributed by atoms with van der Waals surface area (Å²) in [6.07, 6.45) is 3.09. The Balaban J connectivity index is 1.48. The van der Waals surface area contributed by atoms with Crippen molar-refractivity contribution in [1.29, 1.82) is 0 Å². The number of nitrogens with zero attached hydrogens (tertiary/aromatic N) is 6. The molecule has 0 N–H and O–H groups in total. The van der Waals surface area contributed by atoms with E-state index in [9.17, 15) is 4.79 Å². The SMILES string of the molecule is CC(C)(C)OC(=O)N1CCN(c2ccc(-c3cc4c(Cl)ncnc4n3COCC[Si](C)(C)C)nc2)CC1. The van der Waals surface area contributed by atoms with Crippen molar-refractivity contribution in [3.63, 3.8) is 0 Å². The number of fused-ring (bicyclic) bond motifs is 1. The Kier molecular flexibility index (Phi) is 8.10. The van der Waals surface area contributed by atoms with Gasteiger partial charge in [0.1, 0.15) is 29.5 Å². The highest BCUT2D eigenvalue weighted by Crippen LogP contribution is 2.30. The van der Waals surface area contributed by atoms with E-state index >= 15 is 0 Å². The lowest BCUT2D eigenvalue weighted by Crippen LogP contribution is -2.50. The van der Waals surface area contributed by atoms with Gasteiger partial charge in [-0.3, -0.25) is 9.55 Å². The van der Waals surface area contributed by atoms with Crippen molar-refractivity contribution in [3.05, 3.63) is 35.9 Å². The molecule has 1 saturated heterocycles. The fourth-order valence-electron chi connectivity index (χ4n) is 4.11. The Morgan fingerprint density at radius 2 is 1.81 bits per heavy atom. The van der Waals surface area contributed by atoms with E-state index in [4.69, 9.17) is 26.1 Å². The highest BCUT2D eigenvalue weighted by atomic mass is 35.5. The van der Waals surface area contributed by atoms with Crippen LogP contribution in [0.4, 0.5) is 10.5 Å². The number of amides is 1. The van der Waals surface area contributed by atoms with Crippen LogP contribution in [-0.2, 0) is 16.2 Å². The van der Waals surface area contributed by atoms with E-state index < -0.39 is 13.7 Å². The molecular formula is C26H37ClN6O3Si. The molecule has 37 heavy (non-hydrogen) atoms. The topological polar surface area (TPSA) is 85.6 Å². The number of hydrogen-bond acceptors (Lipinski definition) is 7. The summed E-state index contributed by atoms with van der Waals surface area (Å²) < 4.78 is 13.6. The third kappa shape index (κ3) is 7.00. The van der Waals surface area contributed by atoms with Crippen molar-refractivity contribution in [3.8, 4) is 11.4 Å². The minimum absolute atomic E-state index is 0.262. The van der Waals surface area contributed by atoms with Crippen molar-refractivity contribution in [2.45, 2.75) is 58.8 Å².